The summed E-state index contributed by atoms with van der Waals surface area (Å²) < 4.78 is 0. The van der Waals surface area contributed by atoms with Gasteiger partial charge in [0, 0.05) is 18.2 Å². The number of nitrogens with two attached hydrogens (primary N) is 1. The molecule has 1 fully saturated rings. The Hall–Kier alpha value is -1.35. The first-order valence-electron chi connectivity index (χ1n) is 4.89. The Bertz CT molecular complexity index is 328. The molecule has 0 heterocycles. The van der Waals surface area contributed by atoms with Crippen LogP contribution < -0.4 is 11.1 Å². The summed E-state index contributed by atoms with van der Waals surface area (Å²) >= 11 is 0. The third-order valence-corrected chi connectivity index (χ3v) is 2.41. The van der Waals surface area contributed by atoms with Crippen molar-refractivity contribution in [1.82, 2.24) is 0 Å². The Morgan fingerprint density at radius 3 is 2.50 bits per heavy atom. The molecule has 0 radical (unpaired) electrons. The Labute approximate surface area is 83.3 Å². The number of hydrogen-bond acceptors (Lipinski definition) is 2. The Morgan fingerprint density at radius 1 is 1.36 bits per heavy atom. The van der Waals surface area contributed by atoms with E-state index in [-0.39, 0.29) is 11.8 Å². The Balaban J connectivity index is 1.98. The van der Waals surface area contributed by atoms with Crippen LogP contribution in [0.3, 0.4) is 0 Å². The number of nitrogens with one attached hydrogen (secondary N) is 1. The molecule has 3 nitrogen and oxygen atoms in total. The van der Waals surface area contributed by atoms with Crippen molar-refractivity contribution in [2.24, 2.45) is 11.7 Å². The van der Waals surface area contributed by atoms with Crippen molar-refractivity contribution < 1.29 is 4.79 Å². The van der Waals surface area contributed by atoms with Crippen LogP contribution in [-0.4, -0.2) is 5.91 Å². The second-order valence-electron chi connectivity index (χ2n) is 3.66. The number of carbonyl (C=O) groups is 1. The SMILES string of the molecule is NCc1ccc(NC(=O)C2CC2)cc1. The van der Waals surface area contributed by atoms with Gasteiger partial charge in [-0.2, -0.15) is 0 Å². The van der Waals surface area contributed by atoms with Gasteiger partial charge in [0.1, 0.15) is 0 Å². The normalized spacial score (nSPS) is 15.2. The fraction of sp³-hybridized carbons (Fsp3) is 0.364. The molecule has 1 saturated carbocycles. The lowest BCUT2D eigenvalue weighted by Crippen LogP contribution is -2.13. The molecule has 74 valence electrons. The summed E-state index contributed by atoms with van der Waals surface area (Å²) in [4.78, 5) is 11.4. The molecule has 1 aliphatic rings. The zero-order valence-corrected chi connectivity index (χ0v) is 7.99. The van der Waals surface area contributed by atoms with Crippen molar-refractivity contribution in [3.05, 3.63) is 29.8 Å². The highest BCUT2D eigenvalue weighted by molar-refractivity contribution is 5.93. The monoisotopic (exact) mass is 190 g/mol. The van der Waals surface area contributed by atoms with E-state index in [0.29, 0.717) is 6.54 Å². The van der Waals surface area contributed by atoms with Crippen LogP contribution >= 0.6 is 0 Å². The van der Waals surface area contributed by atoms with Gasteiger partial charge in [-0.05, 0) is 30.5 Å². The lowest BCUT2D eigenvalue weighted by Gasteiger charge is -2.04. The van der Waals surface area contributed by atoms with E-state index in [4.69, 9.17) is 5.73 Å². The maximum absolute atomic E-state index is 11.4. The zero-order chi connectivity index (χ0) is 9.97. The lowest BCUT2D eigenvalue weighted by atomic mass is 10.2. The molecule has 1 amide bonds. The predicted molar refractivity (Wildman–Crippen MR) is 55.7 cm³/mol. The molecule has 1 aliphatic carbocycles. The maximum atomic E-state index is 11.4. The summed E-state index contributed by atoms with van der Waals surface area (Å²) in [6, 6.07) is 7.65. The molecule has 0 spiro atoms. The van der Waals surface area contributed by atoms with E-state index in [9.17, 15) is 4.79 Å². The van der Waals surface area contributed by atoms with Gasteiger partial charge in [0.15, 0.2) is 0 Å². The zero-order valence-electron chi connectivity index (χ0n) is 7.99. The first-order valence-corrected chi connectivity index (χ1v) is 4.89. The van der Waals surface area contributed by atoms with Gasteiger partial charge in [0.25, 0.3) is 0 Å². The molecule has 3 heteroatoms. The quantitative estimate of drug-likeness (QED) is 0.758. The van der Waals surface area contributed by atoms with Crippen molar-refractivity contribution in [2.45, 2.75) is 19.4 Å². The van der Waals surface area contributed by atoms with E-state index in [1.807, 2.05) is 24.3 Å². The van der Waals surface area contributed by atoms with Crippen LogP contribution in [0.1, 0.15) is 18.4 Å². The average molecular weight is 190 g/mol. The first-order chi connectivity index (χ1) is 6.79. The number of rotatable bonds is 3. The highest BCUT2D eigenvalue weighted by Crippen LogP contribution is 2.30. The minimum Gasteiger partial charge on any atom is -0.326 e. The van der Waals surface area contributed by atoms with Gasteiger partial charge in [-0.15, -0.1) is 0 Å². The van der Waals surface area contributed by atoms with Crippen molar-refractivity contribution in [1.29, 1.82) is 0 Å². The molecule has 0 atom stereocenters. The third-order valence-electron chi connectivity index (χ3n) is 2.41. The van der Waals surface area contributed by atoms with Crippen molar-refractivity contribution in [3.63, 3.8) is 0 Å². The Morgan fingerprint density at radius 2 is 2.00 bits per heavy atom. The number of hydrogen-bond donors (Lipinski definition) is 2. The topological polar surface area (TPSA) is 55.1 Å². The van der Waals surface area contributed by atoms with Gasteiger partial charge < -0.3 is 11.1 Å². The second-order valence-corrected chi connectivity index (χ2v) is 3.66. The molecule has 2 rings (SSSR count). The van der Waals surface area contributed by atoms with E-state index in [2.05, 4.69) is 5.32 Å². The van der Waals surface area contributed by atoms with E-state index < -0.39 is 0 Å². The fourth-order valence-electron chi connectivity index (χ4n) is 1.31. The summed E-state index contributed by atoms with van der Waals surface area (Å²) in [5.41, 5.74) is 7.41. The summed E-state index contributed by atoms with van der Waals surface area (Å²) in [6.07, 6.45) is 2.07. The van der Waals surface area contributed by atoms with E-state index in [1.54, 1.807) is 0 Å². The summed E-state index contributed by atoms with van der Waals surface area (Å²) in [6.45, 7) is 0.539. The van der Waals surface area contributed by atoms with Gasteiger partial charge in [-0.3, -0.25) is 4.79 Å². The van der Waals surface area contributed by atoms with E-state index in [1.165, 1.54) is 0 Å². The molecule has 1 aromatic carbocycles. The standard InChI is InChI=1S/C11H14N2O/c12-7-8-1-5-10(6-2-8)13-11(14)9-3-4-9/h1-2,5-6,9H,3-4,7,12H2,(H,13,14). The summed E-state index contributed by atoms with van der Waals surface area (Å²) in [5, 5.41) is 2.88. The van der Waals surface area contributed by atoms with Gasteiger partial charge in [0.05, 0.1) is 0 Å². The van der Waals surface area contributed by atoms with Crippen LogP contribution in [0.5, 0.6) is 0 Å². The smallest absolute Gasteiger partial charge is 0.227 e. The highest BCUT2D eigenvalue weighted by atomic mass is 16.2. The molecular weight excluding hydrogens is 176 g/mol. The van der Waals surface area contributed by atoms with Crippen molar-refractivity contribution in [3.8, 4) is 0 Å². The van der Waals surface area contributed by atoms with E-state index >= 15 is 0 Å². The molecule has 0 aromatic heterocycles. The first kappa shape index (κ1) is 9.21. The Kier molecular flexibility index (Phi) is 2.50. The maximum Gasteiger partial charge on any atom is 0.227 e. The molecule has 14 heavy (non-hydrogen) atoms. The van der Waals surface area contributed by atoms with Gasteiger partial charge in [-0.25, -0.2) is 0 Å². The van der Waals surface area contributed by atoms with Gasteiger partial charge in [-0.1, -0.05) is 12.1 Å². The fourth-order valence-corrected chi connectivity index (χ4v) is 1.31. The van der Waals surface area contributed by atoms with Crippen LogP contribution in [-0.2, 0) is 11.3 Å². The van der Waals surface area contributed by atoms with Crippen molar-refractivity contribution >= 4 is 11.6 Å². The number of anilines is 1. The van der Waals surface area contributed by atoms with Crippen molar-refractivity contribution in [2.75, 3.05) is 5.32 Å². The van der Waals surface area contributed by atoms with Crippen LogP contribution in [0.15, 0.2) is 24.3 Å². The van der Waals surface area contributed by atoms with Crippen LogP contribution in [0.25, 0.3) is 0 Å². The van der Waals surface area contributed by atoms with Crippen LogP contribution in [0.4, 0.5) is 5.69 Å². The number of benzene rings is 1. The lowest BCUT2D eigenvalue weighted by molar-refractivity contribution is -0.117. The third kappa shape index (κ3) is 2.12. The molecular formula is C11H14N2O. The van der Waals surface area contributed by atoms with Crippen LogP contribution in [0, 0.1) is 5.92 Å². The average Bonchev–Trinajstić information content (AvgIpc) is 3.02. The molecule has 0 aliphatic heterocycles. The highest BCUT2D eigenvalue weighted by Gasteiger charge is 2.29. The van der Waals surface area contributed by atoms with Gasteiger partial charge in [0.2, 0.25) is 5.91 Å². The second kappa shape index (κ2) is 3.80. The molecule has 0 unspecified atom stereocenters. The minimum absolute atomic E-state index is 0.144. The van der Waals surface area contributed by atoms with Gasteiger partial charge >= 0.3 is 0 Å². The van der Waals surface area contributed by atoms with E-state index in [0.717, 1.165) is 24.1 Å². The summed E-state index contributed by atoms with van der Waals surface area (Å²) in [5.74, 6) is 0.398. The molecule has 0 bridgehead atoms. The number of carbonyl (C=O) groups excluding carboxylic acids is 1. The predicted octanol–water partition coefficient (Wildman–Crippen LogP) is 1.49. The largest absolute Gasteiger partial charge is 0.326 e. The molecule has 3 N–H and O–H groups in total. The molecule has 0 saturated heterocycles. The summed E-state index contributed by atoms with van der Waals surface area (Å²) in [7, 11) is 0. The minimum atomic E-state index is 0.144. The van der Waals surface area contributed by atoms with Crippen LogP contribution in [0.2, 0.25) is 0 Å². The number of amides is 1. The molecule has 1 aromatic rings.